The maximum absolute atomic E-state index is 2.08. The van der Waals surface area contributed by atoms with Crippen molar-refractivity contribution in [3.05, 3.63) is 11.8 Å². The standard InChI is InChI=1S/2C4H9.Ru/c2*1-4(2)3;/h2*1-3H3;/q2*-1;+2. The van der Waals surface area contributed by atoms with E-state index in [-0.39, 0.29) is 19.5 Å². The monoisotopic (exact) mass is 216 g/mol. The van der Waals surface area contributed by atoms with Crippen molar-refractivity contribution in [1.82, 2.24) is 0 Å². The van der Waals surface area contributed by atoms with Gasteiger partial charge in [0.05, 0.1) is 0 Å². The van der Waals surface area contributed by atoms with Crippen molar-refractivity contribution >= 4 is 0 Å². The summed E-state index contributed by atoms with van der Waals surface area (Å²) in [6.45, 7) is 12.5. The quantitative estimate of drug-likeness (QED) is 0.430. The van der Waals surface area contributed by atoms with E-state index in [1.54, 1.807) is 0 Å². The molecule has 0 aliphatic rings. The molecule has 9 heavy (non-hydrogen) atoms. The Bertz CT molecular complexity index is 20.0. The molecule has 0 radical (unpaired) electrons. The van der Waals surface area contributed by atoms with Crippen LogP contribution in [0.2, 0.25) is 0 Å². The molecule has 0 N–H and O–H groups in total. The third kappa shape index (κ3) is 973. The maximum Gasteiger partial charge on any atom is 2.00 e. The van der Waals surface area contributed by atoms with Gasteiger partial charge in [0.1, 0.15) is 0 Å². The zero-order chi connectivity index (χ0) is 7.15. The van der Waals surface area contributed by atoms with Gasteiger partial charge in [-0.2, -0.15) is 41.5 Å². The van der Waals surface area contributed by atoms with Gasteiger partial charge in [0, 0.05) is 0 Å². The van der Waals surface area contributed by atoms with Gasteiger partial charge in [-0.05, 0) is 0 Å². The second kappa shape index (κ2) is 11.4. The Morgan fingerprint density at radius 1 is 0.556 bits per heavy atom. The predicted octanol–water partition coefficient (Wildman–Crippen LogP) is 3.24. The molecule has 0 aliphatic heterocycles. The van der Waals surface area contributed by atoms with E-state index in [0.29, 0.717) is 0 Å². The van der Waals surface area contributed by atoms with Crippen LogP contribution in [0.5, 0.6) is 0 Å². The Balaban J connectivity index is -0.0000000720. The number of rotatable bonds is 0. The van der Waals surface area contributed by atoms with E-state index in [2.05, 4.69) is 41.5 Å². The van der Waals surface area contributed by atoms with Gasteiger partial charge >= 0.3 is 19.5 Å². The van der Waals surface area contributed by atoms with E-state index >= 15 is 0 Å². The molecular weight excluding hydrogens is 197 g/mol. The first kappa shape index (κ1) is 16.3. The van der Waals surface area contributed by atoms with Crippen molar-refractivity contribution in [3.8, 4) is 0 Å². The SMILES string of the molecule is C[C-](C)C.C[C-](C)C.[Ru+2]. The van der Waals surface area contributed by atoms with Gasteiger partial charge in [0.15, 0.2) is 0 Å². The van der Waals surface area contributed by atoms with Crippen LogP contribution in [0.25, 0.3) is 0 Å². The summed E-state index contributed by atoms with van der Waals surface area (Å²) in [6.07, 6.45) is 0. The molecule has 0 nitrogen and oxygen atoms in total. The minimum atomic E-state index is 0. The second-order valence-electron chi connectivity index (χ2n) is 3.00. The second-order valence-corrected chi connectivity index (χ2v) is 3.00. The number of hydrogen-bond acceptors (Lipinski definition) is 0. The molecule has 0 bridgehead atoms. The molecule has 0 aliphatic carbocycles. The predicted molar refractivity (Wildman–Crippen MR) is 40.5 cm³/mol. The van der Waals surface area contributed by atoms with Crippen LogP contribution in [-0.2, 0) is 19.5 Å². The summed E-state index contributed by atoms with van der Waals surface area (Å²) in [6, 6.07) is 0. The first-order chi connectivity index (χ1) is 3.46. The molecule has 0 amide bonds. The molecule has 0 rings (SSSR count). The normalized spacial score (nSPS) is 8.00. The molecule has 0 saturated carbocycles. The van der Waals surface area contributed by atoms with Crippen LogP contribution in [-0.4, -0.2) is 0 Å². The fourth-order valence-electron chi connectivity index (χ4n) is 0. The van der Waals surface area contributed by atoms with Gasteiger partial charge in [-0.3, -0.25) is 0 Å². The zero-order valence-electron chi connectivity index (χ0n) is 7.35. The molecule has 0 unspecified atom stereocenters. The molecule has 1 heteroatoms. The molecule has 0 spiro atoms. The molecule has 0 aromatic carbocycles. The van der Waals surface area contributed by atoms with Crippen molar-refractivity contribution in [1.29, 1.82) is 0 Å². The Morgan fingerprint density at radius 2 is 0.556 bits per heavy atom. The zero-order valence-corrected chi connectivity index (χ0v) is 9.09. The summed E-state index contributed by atoms with van der Waals surface area (Å²) in [4.78, 5) is 0. The van der Waals surface area contributed by atoms with Crippen molar-refractivity contribution in [2.75, 3.05) is 0 Å². The van der Waals surface area contributed by atoms with Crippen LogP contribution in [0.15, 0.2) is 0 Å². The van der Waals surface area contributed by atoms with E-state index in [4.69, 9.17) is 0 Å². The summed E-state index contributed by atoms with van der Waals surface area (Å²) in [5.41, 5.74) is 0. The smallest absolute Gasteiger partial charge is 0.323 e. The van der Waals surface area contributed by atoms with Crippen LogP contribution in [0.3, 0.4) is 0 Å². The first-order valence-corrected chi connectivity index (χ1v) is 3.00. The Kier molecular flexibility index (Phi) is 20.7. The summed E-state index contributed by atoms with van der Waals surface area (Å²) >= 11 is 0. The van der Waals surface area contributed by atoms with Gasteiger partial charge in [-0.15, -0.1) is 0 Å². The Hall–Kier alpha value is 0.623. The van der Waals surface area contributed by atoms with E-state index < -0.39 is 0 Å². The maximum atomic E-state index is 2.08. The van der Waals surface area contributed by atoms with Crippen LogP contribution in [0, 0.1) is 11.8 Å². The topological polar surface area (TPSA) is 0 Å². The van der Waals surface area contributed by atoms with E-state index in [1.807, 2.05) is 0 Å². The number of hydrogen-bond donors (Lipinski definition) is 0. The molecule has 0 fully saturated rings. The third-order valence-corrected chi connectivity index (χ3v) is 0. The van der Waals surface area contributed by atoms with Crippen LogP contribution >= 0.6 is 0 Å². The summed E-state index contributed by atoms with van der Waals surface area (Å²) in [7, 11) is 0. The van der Waals surface area contributed by atoms with Crippen molar-refractivity contribution in [2.45, 2.75) is 41.5 Å². The Labute approximate surface area is 73.2 Å². The fraction of sp³-hybridized carbons (Fsp3) is 0.750. The third-order valence-electron chi connectivity index (χ3n) is 0. The molecule has 0 atom stereocenters. The van der Waals surface area contributed by atoms with Gasteiger partial charge in [-0.25, -0.2) is 0 Å². The van der Waals surface area contributed by atoms with E-state index in [9.17, 15) is 0 Å². The van der Waals surface area contributed by atoms with Crippen LogP contribution < -0.4 is 0 Å². The molecule has 0 aromatic rings. The first-order valence-electron chi connectivity index (χ1n) is 3.00. The van der Waals surface area contributed by atoms with Gasteiger partial charge in [0.25, 0.3) is 0 Å². The largest absolute Gasteiger partial charge is 2.00 e. The van der Waals surface area contributed by atoms with Crippen LogP contribution in [0.4, 0.5) is 0 Å². The molecule has 0 heterocycles. The molecule has 58 valence electrons. The molecule has 0 saturated heterocycles. The van der Waals surface area contributed by atoms with Crippen molar-refractivity contribution in [2.24, 2.45) is 0 Å². The van der Waals surface area contributed by atoms with E-state index in [1.165, 1.54) is 11.8 Å². The van der Waals surface area contributed by atoms with Crippen molar-refractivity contribution in [3.63, 3.8) is 0 Å². The van der Waals surface area contributed by atoms with Crippen LogP contribution in [0.1, 0.15) is 41.5 Å². The molecular formula is C8H18Ru. The minimum absolute atomic E-state index is 0. The summed E-state index contributed by atoms with van der Waals surface area (Å²) < 4.78 is 0. The van der Waals surface area contributed by atoms with Crippen molar-refractivity contribution < 1.29 is 19.5 Å². The van der Waals surface area contributed by atoms with Gasteiger partial charge in [-0.1, -0.05) is 0 Å². The Morgan fingerprint density at radius 3 is 0.556 bits per heavy atom. The van der Waals surface area contributed by atoms with Gasteiger partial charge in [0.2, 0.25) is 0 Å². The fourth-order valence-corrected chi connectivity index (χ4v) is 0. The molecule has 0 aromatic heterocycles. The van der Waals surface area contributed by atoms with E-state index in [0.717, 1.165) is 0 Å². The summed E-state index contributed by atoms with van der Waals surface area (Å²) in [5, 5.41) is 0. The average Bonchev–Trinajstić information content (AvgIpc) is 1.25. The summed E-state index contributed by atoms with van der Waals surface area (Å²) in [5.74, 6) is 2.83. The average molecular weight is 215 g/mol. The minimum Gasteiger partial charge on any atom is -0.323 e. The van der Waals surface area contributed by atoms with Gasteiger partial charge < -0.3 is 11.8 Å².